The van der Waals surface area contributed by atoms with E-state index in [9.17, 15) is 12.8 Å². The number of likely N-dealkylation sites (tertiary alicyclic amines) is 1. The minimum Gasteiger partial charge on any atom is -0.336 e. The second kappa shape index (κ2) is 11.5. The summed E-state index contributed by atoms with van der Waals surface area (Å²) in [7, 11) is -3.19. The second-order valence-corrected chi connectivity index (χ2v) is 13.7. The van der Waals surface area contributed by atoms with Crippen molar-refractivity contribution in [2.45, 2.75) is 32.2 Å². The van der Waals surface area contributed by atoms with E-state index in [0.717, 1.165) is 42.0 Å². The number of sulfone groups is 1. The van der Waals surface area contributed by atoms with Gasteiger partial charge in [0.05, 0.1) is 28.2 Å². The van der Waals surface area contributed by atoms with Gasteiger partial charge in [0.1, 0.15) is 26.7 Å². The van der Waals surface area contributed by atoms with Crippen LogP contribution in [0, 0.1) is 5.82 Å². The van der Waals surface area contributed by atoms with Crippen LogP contribution in [0.25, 0.3) is 56.1 Å². The van der Waals surface area contributed by atoms with Crippen LogP contribution in [0.4, 0.5) is 4.39 Å². The number of hydrogen-bond acceptors (Lipinski definition) is 8. The van der Waals surface area contributed by atoms with Gasteiger partial charge in [0.15, 0.2) is 11.5 Å². The number of aromatic amines is 2. The smallest absolute Gasteiger partial charge is 0.161 e. The Morgan fingerprint density at radius 2 is 1.70 bits per heavy atom. The molecule has 0 unspecified atom stereocenters. The summed E-state index contributed by atoms with van der Waals surface area (Å²) in [5.41, 5.74) is 7.67. The first-order valence-electron chi connectivity index (χ1n) is 14.6. The van der Waals surface area contributed by atoms with Gasteiger partial charge in [0, 0.05) is 42.5 Å². The van der Waals surface area contributed by atoms with E-state index in [1.807, 2.05) is 24.5 Å². The molecule has 1 aromatic carbocycles. The Morgan fingerprint density at radius 1 is 0.886 bits per heavy atom. The molecule has 12 heteroatoms. The standard InChI is InChI=1S/C32H31FN8O2S/c1-44(42,43)12-8-20-13-22(16-24(33)15-20)28-29-26(7-9-35-28)37-32(38-29)31-30-27(39-40-31)6-5-25(36-30)23-14-21(17-34-18-23)19-41-10-3-2-4-11-41/h5-7,9,13-18H,2-4,8,10-12,19H2,1H3,(H,37,38)(H,39,40). The van der Waals surface area contributed by atoms with Crippen molar-refractivity contribution in [2.24, 2.45) is 0 Å². The Labute approximate surface area is 253 Å². The molecule has 10 nitrogen and oxygen atoms in total. The van der Waals surface area contributed by atoms with Gasteiger partial charge in [-0.05, 0) is 85.9 Å². The lowest BCUT2D eigenvalue weighted by atomic mass is 10.0. The number of rotatable bonds is 8. The summed E-state index contributed by atoms with van der Waals surface area (Å²) in [6.07, 6.45) is 10.5. The molecule has 6 heterocycles. The highest BCUT2D eigenvalue weighted by molar-refractivity contribution is 7.90. The van der Waals surface area contributed by atoms with E-state index < -0.39 is 15.7 Å². The van der Waals surface area contributed by atoms with E-state index in [0.29, 0.717) is 44.9 Å². The molecule has 1 aliphatic rings. The normalized spacial score (nSPS) is 14.5. The van der Waals surface area contributed by atoms with Crippen LogP contribution in [0.5, 0.6) is 0 Å². The minimum absolute atomic E-state index is 0.0693. The van der Waals surface area contributed by atoms with Crippen molar-refractivity contribution in [1.29, 1.82) is 0 Å². The number of aryl methyl sites for hydroxylation is 1. The topological polar surface area (TPSA) is 133 Å². The average molecular weight is 611 g/mol. The molecule has 44 heavy (non-hydrogen) atoms. The lowest BCUT2D eigenvalue weighted by Gasteiger charge is -2.26. The fourth-order valence-corrected chi connectivity index (χ4v) is 6.41. The third kappa shape index (κ3) is 5.95. The first-order valence-corrected chi connectivity index (χ1v) is 16.7. The van der Waals surface area contributed by atoms with Crippen LogP contribution in [0.2, 0.25) is 0 Å². The Hall–Kier alpha value is -4.55. The zero-order valence-corrected chi connectivity index (χ0v) is 25.0. The SMILES string of the molecule is CS(=O)(=O)CCc1cc(F)cc(-c2nccc3[nH]c(-c4n[nH]c5ccc(-c6cncc(CN7CCCCC7)c6)nc45)nc23)c1. The summed E-state index contributed by atoms with van der Waals surface area (Å²) < 4.78 is 38.0. The van der Waals surface area contributed by atoms with Gasteiger partial charge in [-0.1, -0.05) is 6.42 Å². The maximum absolute atomic E-state index is 14.6. The highest BCUT2D eigenvalue weighted by Crippen LogP contribution is 2.32. The Balaban J connectivity index is 1.23. The molecular weight excluding hydrogens is 579 g/mol. The third-order valence-corrected chi connectivity index (χ3v) is 8.92. The summed E-state index contributed by atoms with van der Waals surface area (Å²) >= 11 is 0. The van der Waals surface area contributed by atoms with Gasteiger partial charge in [-0.3, -0.25) is 20.0 Å². The molecular formula is C32H31FN8O2S. The third-order valence-electron chi connectivity index (χ3n) is 7.97. The zero-order valence-electron chi connectivity index (χ0n) is 24.2. The lowest BCUT2D eigenvalue weighted by Crippen LogP contribution is -2.29. The first kappa shape index (κ1) is 28.2. The van der Waals surface area contributed by atoms with Crippen LogP contribution in [0.3, 0.4) is 0 Å². The maximum atomic E-state index is 14.6. The van der Waals surface area contributed by atoms with Gasteiger partial charge < -0.3 is 4.98 Å². The van der Waals surface area contributed by atoms with Gasteiger partial charge in [-0.25, -0.2) is 22.8 Å². The van der Waals surface area contributed by atoms with E-state index >= 15 is 0 Å². The number of pyridine rings is 3. The molecule has 0 amide bonds. The molecule has 2 N–H and O–H groups in total. The van der Waals surface area contributed by atoms with Crippen molar-refractivity contribution < 1.29 is 12.8 Å². The number of aromatic nitrogens is 7. The number of nitrogens with one attached hydrogen (secondary N) is 2. The number of nitrogens with zero attached hydrogens (tertiary/aromatic N) is 6. The Kier molecular flexibility index (Phi) is 7.39. The monoisotopic (exact) mass is 610 g/mol. The molecule has 0 atom stereocenters. The molecule has 6 aromatic rings. The predicted octanol–water partition coefficient (Wildman–Crippen LogP) is 5.34. The number of fused-ring (bicyclic) bond motifs is 2. The minimum atomic E-state index is -3.19. The number of piperidine rings is 1. The number of benzene rings is 1. The van der Waals surface area contributed by atoms with Crippen LogP contribution < -0.4 is 0 Å². The maximum Gasteiger partial charge on any atom is 0.161 e. The van der Waals surface area contributed by atoms with Gasteiger partial charge >= 0.3 is 0 Å². The van der Waals surface area contributed by atoms with Crippen LogP contribution in [-0.2, 0) is 22.8 Å². The summed E-state index contributed by atoms with van der Waals surface area (Å²) in [5.74, 6) is -0.0407. The highest BCUT2D eigenvalue weighted by atomic mass is 32.2. The quantitative estimate of drug-likeness (QED) is 0.236. The molecule has 5 aromatic heterocycles. The molecule has 224 valence electrons. The van der Waals surface area contributed by atoms with Crippen LogP contribution in [0.15, 0.2) is 61.1 Å². The van der Waals surface area contributed by atoms with Crippen molar-refractivity contribution >= 4 is 31.9 Å². The molecule has 0 radical (unpaired) electrons. The number of imidazole rings is 1. The van der Waals surface area contributed by atoms with E-state index in [2.05, 4.69) is 36.1 Å². The van der Waals surface area contributed by atoms with E-state index in [1.165, 1.54) is 37.7 Å². The lowest BCUT2D eigenvalue weighted by molar-refractivity contribution is 0.220. The number of hydrogen-bond donors (Lipinski definition) is 2. The largest absolute Gasteiger partial charge is 0.336 e. The predicted molar refractivity (Wildman–Crippen MR) is 168 cm³/mol. The van der Waals surface area contributed by atoms with E-state index in [4.69, 9.17) is 9.97 Å². The van der Waals surface area contributed by atoms with Crippen LogP contribution >= 0.6 is 0 Å². The van der Waals surface area contributed by atoms with Gasteiger partial charge in [-0.2, -0.15) is 5.10 Å². The van der Waals surface area contributed by atoms with E-state index in [1.54, 1.807) is 18.3 Å². The zero-order chi connectivity index (χ0) is 30.3. The molecule has 7 rings (SSSR count). The van der Waals surface area contributed by atoms with Gasteiger partial charge in [-0.15, -0.1) is 0 Å². The molecule has 1 aliphatic heterocycles. The van der Waals surface area contributed by atoms with E-state index in [-0.39, 0.29) is 12.2 Å². The van der Waals surface area contributed by atoms with Crippen molar-refractivity contribution in [3.63, 3.8) is 0 Å². The molecule has 1 saturated heterocycles. The van der Waals surface area contributed by atoms with Crippen LogP contribution in [0.1, 0.15) is 30.4 Å². The molecule has 0 spiro atoms. The van der Waals surface area contributed by atoms with Gasteiger partial charge in [0.25, 0.3) is 0 Å². The molecule has 0 saturated carbocycles. The Bertz CT molecular complexity index is 2100. The summed E-state index contributed by atoms with van der Waals surface area (Å²) in [6, 6.07) is 12.3. The Morgan fingerprint density at radius 3 is 2.55 bits per heavy atom. The summed E-state index contributed by atoms with van der Waals surface area (Å²) in [6.45, 7) is 3.11. The van der Waals surface area contributed by atoms with Crippen molar-refractivity contribution in [3.05, 3.63) is 78.0 Å². The van der Waals surface area contributed by atoms with Crippen molar-refractivity contribution in [2.75, 3.05) is 25.1 Å². The molecule has 0 aliphatic carbocycles. The molecule has 1 fully saturated rings. The fraction of sp³-hybridized carbons (Fsp3) is 0.281. The van der Waals surface area contributed by atoms with Crippen molar-refractivity contribution in [1.82, 2.24) is 40.0 Å². The highest BCUT2D eigenvalue weighted by Gasteiger charge is 2.19. The summed E-state index contributed by atoms with van der Waals surface area (Å²) in [5, 5.41) is 7.58. The fourth-order valence-electron chi connectivity index (χ4n) is 5.81. The average Bonchev–Trinajstić information content (AvgIpc) is 3.64. The van der Waals surface area contributed by atoms with Crippen molar-refractivity contribution in [3.8, 4) is 34.0 Å². The van der Waals surface area contributed by atoms with Gasteiger partial charge in [0.2, 0.25) is 0 Å². The van der Waals surface area contributed by atoms with Crippen LogP contribution in [-0.4, -0.2) is 73.5 Å². The summed E-state index contributed by atoms with van der Waals surface area (Å²) in [4.78, 5) is 24.6. The molecule has 0 bridgehead atoms. The first-order chi connectivity index (χ1) is 21.3. The number of halogens is 1. The number of H-pyrrole nitrogens is 2. The second-order valence-electron chi connectivity index (χ2n) is 11.5.